The minimum absolute atomic E-state index is 0.0384. The lowest BCUT2D eigenvalue weighted by molar-refractivity contribution is 0.0955. The number of nitrogens with two attached hydrogens (primary N) is 1. The predicted molar refractivity (Wildman–Crippen MR) is 110 cm³/mol. The van der Waals surface area contributed by atoms with Crippen LogP contribution in [0.3, 0.4) is 0 Å². The molecule has 28 heavy (non-hydrogen) atoms. The van der Waals surface area contributed by atoms with E-state index in [4.69, 9.17) is 5.14 Å². The summed E-state index contributed by atoms with van der Waals surface area (Å²) in [5.74, 6) is -0.204. The summed E-state index contributed by atoms with van der Waals surface area (Å²) in [7, 11) is -3.72. The van der Waals surface area contributed by atoms with Crippen LogP contribution in [0.2, 0.25) is 0 Å². The Hall–Kier alpha value is -3.01. The fourth-order valence-corrected chi connectivity index (χ4v) is 4.23. The maximum absolute atomic E-state index is 12.5. The number of rotatable bonds is 5. The zero-order chi connectivity index (χ0) is 19.7. The molecular formula is C19H16N4O3S2. The molecule has 142 valence electrons. The van der Waals surface area contributed by atoms with Crippen LogP contribution < -0.4 is 10.5 Å². The third-order valence-corrected chi connectivity index (χ3v) is 6.18. The number of fused-ring (bicyclic) bond motifs is 1. The number of amides is 1. The van der Waals surface area contributed by atoms with Crippen LogP contribution in [0.1, 0.15) is 26.5 Å². The number of carbonyl (C=O) groups is 1. The van der Waals surface area contributed by atoms with Gasteiger partial charge in [0, 0.05) is 35.8 Å². The van der Waals surface area contributed by atoms with Gasteiger partial charge in [-0.2, -0.15) is 0 Å². The molecule has 1 aromatic carbocycles. The third kappa shape index (κ3) is 3.81. The van der Waals surface area contributed by atoms with Gasteiger partial charge in [-0.05, 0) is 42.0 Å². The van der Waals surface area contributed by atoms with Crippen molar-refractivity contribution in [1.82, 2.24) is 10.3 Å². The zero-order valence-electron chi connectivity index (χ0n) is 14.5. The molecule has 1 amide bonds. The zero-order valence-corrected chi connectivity index (χ0v) is 16.2. The monoisotopic (exact) mass is 412 g/mol. The minimum atomic E-state index is -3.72. The first-order valence-corrected chi connectivity index (χ1v) is 10.7. The molecule has 0 radical (unpaired) electrons. The second-order valence-corrected chi connectivity index (χ2v) is 8.78. The van der Waals surface area contributed by atoms with Crippen molar-refractivity contribution >= 4 is 50.1 Å². The summed E-state index contributed by atoms with van der Waals surface area (Å²) in [6.45, 7) is 0.279. The third-order valence-electron chi connectivity index (χ3n) is 4.21. The SMILES string of the molecule is NS(=O)(=O)c1ccc(CNC(=O)c2cc3c(s2)N=C/C3=C\c2ccc[nH]2)cc1. The Morgan fingerprint density at radius 3 is 2.71 bits per heavy atom. The Balaban J connectivity index is 1.45. The summed E-state index contributed by atoms with van der Waals surface area (Å²) >= 11 is 1.33. The summed E-state index contributed by atoms with van der Waals surface area (Å²) in [5, 5.41) is 8.72. The number of allylic oxidation sites excluding steroid dienone is 1. The summed E-state index contributed by atoms with van der Waals surface area (Å²) in [6, 6.07) is 11.8. The number of primary sulfonamides is 1. The summed E-state index contributed by atoms with van der Waals surface area (Å²) in [4.78, 5) is 20.6. The fraction of sp³-hybridized carbons (Fsp3) is 0.0526. The van der Waals surface area contributed by atoms with Gasteiger partial charge in [-0.25, -0.2) is 18.5 Å². The molecule has 0 spiro atoms. The number of aliphatic imine (C=N–C) groups is 1. The number of sulfonamides is 1. The van der Waals surface area contributed by atoms with Crippen LogP contribution in [-0.4, -0.2) is 25.5 Å². The lowest BCUT2D eigenvalue weighted by Gasteiger charge is -2.05. The Labute approximate surface area is 165 Å². The van der Waals surface area contributed by atoms with Crippen LogP contribution in [0.15, 0.2) is 58.5 Å². The van der Waals surface area contributed by atoms with Gasteiger partial charge in [-0.15, -0.1) is 11.3 Å². The summed E-state index contributed by atoms with van der Waals surface area (Å²) < 4.78 is 22.6. The van der Waals surface area contributed by atoms with E-state index < -0.39 is 10.0 Å². The van der Waals surface area contributed by atoms with E-state index in [0.717, 1.165) is 27.4 Å². The lowest BCUT2D eigenvalue weighted by atomic mass is 10.1. The minimum Gasteiger partial charge on any atom is -0.362 e. The van der Waals surface area contributed by atoms with Gasteiger partial charge in [0.15, 0.2) is 0 Å². The molecule has 1 aliphatic heterocycles. The van der Waals surface area contributed by atoms with Gasteiger partial charge in [0.25, 0.3) is 5.91 Å². The first-order valence-electron chi connectivity index (χ1n) is 8.33. The molecule has 0 bridgehead atoms. The van der Waals surface area contributed by atoms with Gasteiger partial charge >= 0.3 is 0 Å². The van der Waals surface area contributed by atoms with Crippen LogP contribution >= 0.6 is 11.3 Å². The van der Waals surface area contributed by atoms with E-state index in [-0.39, 0.29) is 17.3 Å². The summed E-state index contributed by atoms with van der Waals surface area (Å²) in [5.41, 5.74) is 3.62. The molecule has 2 aromatic heterocycles. The molecule has 0 saturated carbocycles. The lowest BCUT2D eigenvalue weighted by Crippen LogP contribution is -2.21. The molecule has 4 rings (SSSR count). The molecule has 7 nitrogen and oxygen atoms in total. The molecule has 0 saturated heterocycles. The molecule has 0 atom stereocenters. The Morgan fingerprint density at radius 2 is 2.04 bits per heavy atom. The van der Waals surface area contributed by atoms with Gasteiger partial charge in [0.05, 0.1) is 9.77 Å². The highest BCUT2D eigenvalue weighted by Gasteiger charge is 2.20. The number of nitrogens with one attached hydrogen (secondary N) is 2. The van der Waals surface area contributed by atoms with E-state index in [1.807, 2.05) is 30.5 Å². The molecular weight excluding hydrogens is 396 g/mol. The molecule has 1 aliphatic rings. The number of aromatic nitrogens is 1. The van der Waals surface area contributed by atoms with Crippen molar-refractivity contribution in [2.45, 2.75) is 11.4 Å². The van der Waals surface area contributed by atoms with Crippen LogP contribution in [0.25, 0.3) is 11.6 Å². The normalized spacial score (nSPS) is 14.4. The van der Waals surface area contributed by atoms with Crippen LogP contribution in [0.4, 0.5) is 5.00 Å². The van der Waals surface area contributed by atoms with Crippen molar-refractivity contribution in [3.05, 3.63) is 70.4 Å². The highest BCUT2D eigenvalue weighted by atomic mass is 32.2. The van der Waals surface area contributed by atoms with Crippen LogP contribution in [0.5, 0.6) is 0 Å². The Morgan fingerprint density at radius 1 is 1.25 bits per heavy atom. The second-order valence-electron chi connectivity index (χ2n) is 6.18. The van der Waals surface area contributed by atoms with Crippen molar-refractivity contribution < 1.29 is 13.2 Å². The standard InChI is InChI=1S/C19H16N4O3S2/c20-28(25,26)15-5-3-12(4-6-15)10-22-18(24)17-9-16-13(11-23-19(16)27-17)8-14-2-1-7-21-14/h1-9,11,21H,10H2,(H,22,24)(H2,20,25,26)/b13-8+. The maximum atomic E-state index is 12.5. The topological polar surface area (TPSA) is 117 Å². The smallest absolute Gasteiger partial charge is 0.261 e. The molecule has 4 N–H and O–H groups in total. The van der Waals surface area contributed by atoms with Crippen molar-refractivity contribution in [3.63, 3.8) is 0 Å². The molecule has 0 unspecified atom stereocenters. The number of H-pyrrole nitrogens is 1. The van der Waals surface area contributed by atoms with E-state index in [2.05, 4.69) is 15.3 Å². The van der Waals surface area contributed by atoms with E-state index in [9.17, 15) is 13.2 Å². The van der Waals surface area contributed by atoms with Crippen LogP contribution in [0, 0.1) is 0 Å². The van der Waals surface area contributed by atoms with Gasteiger partial charge in [-0.3, -0.25) is 4.79 Å². The van der Waals surface area contributed by atoms with Crippen molar-refractivity contribution in [3.8, 4) is 0 Å². The number of thiophene rings is 1. The average Bonchev–Trinajstić information content (AvgIpc) is 3.38. The van der Waals surface area contributed by atoms with E-state index in [0.29, 0.717) is 4.88 Å². The number of hydrogen-bond acceptors (Lipinski definition) is 5. The van der Waals surface area contributed by atoms with Gasteiger partial charge in [0.1, 0.15) is 5.00 Å². The van der Waals surface area contributed by atoms with E-state index >= 15 is 0 Å². The van der Waals surface area contributed by atoms with Gasteiger partial charge in [-0.1, -0.05) is 12.1 Å². The first kappa shape index (κ1) is 18.4. The average molecular weight is 412 g/mol. The van der Waals surface area contributed by atoms with Gasteiger partial charge in [0.2, 0.25) is 10.0 Å². The van der Waals surface area contributed by atoms with E-state index in [1.165, 1.54) is 23.5 Å². The Bertz CT molecular complexity index is 1190. The van der Waals surface area contributed by atoms with Crippen molar-refractivity contribution in [2.24, 2.45) is 10.1 Å². The highest BCUT2D eigenvalue weighted by Crippen LogP contribution is 2.39. The van der Waals surface area contributed by atoms with Crippen LogP contribution in [-0.2, 0) is 16.6 Å². The number of hydrogen-bond donors (Lipinski definition) is 3. The van der Waals surface area contributed by atoms with Crippen molar-refractivity contribution in [1.29, 1.82) is 0 Å². The largest absolute Gasteiger partial charge is 0.362 e. The summed E-state index contributed by atoms with van der Waals surface area (Å²) in [6.07, 6.45) is 5.62. The molecule has 9 heteroatoms. The number of carbonyl (C=O) groups excluding carboxylic acids is 1. The Kier molecular flexibility index (Phi) is 4.71. The molecule has 3 heterocycles. The second kappa shape index (κ2) is 7.19. The first-order chi connectivity index (χ1) is 13.4. The number of nitrogens with zero attached hydrogens (tertiary/aromatic N) is 1. The van der Waals surface area contributed by atoms with Crippen molar-refractivity contribution in [2.75, 3.05) is 0 Å². The quantitative estimate of drug-likeness (QED) is 0.598. The molecule has 3 aromatic rings. The highest BCUT2D eigenvalue weighted by molar-refractivity contribution is 7.89. The maximum Gasteiger partial charge on any atom is 0.261 e. The molecule has 0 fully saturated rings. The van der Waals surface area contributed by atoms with E-state index in [1.54, 1.807) is 18.3 Å². The number of aromatic amines is 1. The molecule has 0 aliphatic carbocycles. The predicted octanol–water partition coefficient (Wildman–Crippen LogP) is 2.91. The number of benzene rings is 1. The fourth-order valence-electron chi connectivity index (χ4n) is 2.78. The van der Waals surface area contributed by atoms with Gasteiger partial charge < -0.3 is 10.3 Å².